The predicted molar refractivity (Wildman–Crippen MR) is 118 cm³/mol. The summed E-state index contributed by atoms with van der Waals surface area (Å²) in [7, 11) is 0. The van der Waals surface area contributed by atoms with Gasteiger partial charge in [0.2, 0.25) is 11.8 Å². The van der Waals surface area contributed by atoms with Crippen molar-refractivity contribution in [3.8, 4) is 5.88 Å². The van der Waals surface area contributed by atoms with E-state index in [9.17, 15) is 18.4 Å². The van der Waals surface area contributed by atoms with E-state index >= 15 is 0 Å². The Hall–Kier alpha value is -3.23. The molecule has 7 nitrogen and oxygen atoms in total. The van der Waals surface area contributed by atoms with Gasteiger partial charge in [0.1, 0.15) is 5.69 Å². The number of nitrogens with zero attached hydrogens (tertiary/aromatic N) is 3. The Morgan fingerprint density at radius 1 is 1.22 bits per heavy atom. The Labute approximate surface area is 186 Å². The normalized spacial score (nSPS) is 15.9. The number of ether oxygens (including phenoxy) is 1. The molecule has 1 aromatic carbocycles. The highest BCUT2D eigenvalue weighted by Crippen LogP contribution is 2.33. The quantitative estimate of drug-likeness (QED) is 0.693. The Morgan fingerprint density at radius 2 is 1.94 bits per heavy atom. The number of aromatic nitrogens is 1. The maximum absolute atomic E-state index is 13.5. The fourth-order valence-corrected chi connectivity index (χ4v) is 3.88. The molecule has 3 rings (SSSR count). The number of carbonyl (C=O) groups is 2. The molecule has 32 heavy (non-hydrogen) atoms. The van der Waals surface area contributed by atoms with Gasteiger partial charge >= 0.3 is 12.6 Å². The lowest BCUT2D eigenvalue weighted by molar-refractivity contribution is -0.127. The summed E-state index contributed by atoms with van der Waals surface area (Å²) in [6, 6.07) is 9.89. The number of urea groups is 1. The first-order valence-corrected chi connectivity index (χ1v) is 10.5. The lowest BCUT2D eigenvalue weighted by Crippen LogP contribution is -2.45. The summed E-state index contributed by atoms with van der Waals surface area (Å²) in [4.78, 5) is 32.7. The first-order valence-electron chi connectivity index (χ1n) is 10.5. The number of halogens is 2. The molecule has 2 aromatic rings. The van der Waals surface area contributed by atoms with Crippen LogP contribution >= 0.6 is 0 Å². The first kappa shape index (κ1) is 23.4. The van der Waals surface area contributed by atoms with Gasteiger partial charge in [0.15, 0.2) is 0 Å². The number of alkyl halides is 2. The molecule has 2 heterocycles. The van der Waals surface area contributed by atoms with Gasteiger partial charge in [-0.25, -0.2) is 9.78 Å². The molecule has 1 N–H and O–H groups in total. The highest BCUT2D eigenvalue weighted by molar-refractivity contribution is 6.03. The molecule has 1 aliphatic heterocycles. The second-order valence-electron chi connectivity index (χ2n) is 8.11. The minimum Gasteiger partial charge on any atom is -0.415 e. The summed E-state index contributed by atoms with van der Waals surface area (Å²) >= 11 is 0. The van der Waals surface area contributed by atoms with E-state index in [-0.39, 0.29) is 29.4 Å². The molecule has 9 heteroatoms. The van der Waals surface area contributed by atoms with Crippen LogP contribution in [-0.2, 0) is 4.79 Å². The zero-order chi connectivity index (χ0) is 23.4. The Bertz CT molecular complexity index is 983. The number of likely N-dealkylation sites (tertiary alicyclic amines) is 1. The topological polar surface area (TPSA) is 74.8 Å². The lowest BCUT2D eigenvalue weighted by atomic mass is 9.99. The lowest BCUT2D eigenvalue weighted by Gasteiger charge is -2.32. The van der Waals surface area contributed by atoms with Crippen molar-refractivity contribution in [3.05, 3.63) is 47.7 Å². The number of hydrogen-bond acceptors (Lipinski definition) is 4. The molecule has 1 aromatic heterocycles. The van der Waals surface area contributed by atoms with Crippen molar-refractivity contribution in [1.82, 2.24) is 9.88 Å². The van der Waals surface area contributed by atoms with Gasteiger partial charge in [-0.05, 0) is 43.0 Å². The second kappa shape index (κ2) is 9.93. The van der Waals surface area contributed by atoms with Crippen molar-refractivity contribution < 1.29 is 23.1 Å². The number of carbonyl (C=O) groups excluding carboxylic acids is 2. The Morgan fingerprint density at radius 3 is 2.56 bits per heavy atom. The van der Waals surface area contributed by atoms with Crippen LogP contribution in [0.4, 0.5) is 25.0 Å². The third kappa shape index (κ3) is 5.33. The van der Waals surface area contributed by atoms with Gasteiger partial charge in [-0.3, -0.25) is 9.69 Å². The summed E-state index contributed by atoms with van der Waals surface area (Å²) in [6.45, 7) is 5.07. The number of benzene rings is 1. The highest BCUT2D eigenvalue weighted by Gasteiger charge is 2.34. The van der Waals surface area contributed by atoms with Gasteiger partial charge in [-0.15, -0.1) is 0 Å². The second-order valence-corrected chi connectivity index (χ2v) is 8.11. The van der Waals surface area contributed by atoms with Gasteiger partial charge in [0.05, 0.1) is 6.04 Å². The highest BCUT2D eigenvalue weighted by atomic mass is 19.3. The summed E-state index contributed by atoms with van der Waals surface area (Å²) < 4.78 is 30.3. The van der Waals surface area contributed by atoms with Crippen LogP contribution in [0.2, 0.25) is 0 Å². The van der Waals surface area contributed by atoms with Crippen LogP contribution in [-0.4, -0.2) is 47.6 Å². The van der Waals surface area contributed by atoms with E-state index in [0.29, 0.717) is 30.9 Å². The van der Waals surface area contributed by atoms with E-state index in [1.165, 1.54) is 13.0 Å². The van der Waals surface area contributed by atoms with Crippen molar-refractivity contribution in [2.75, 3.05) is 23.3 Å². The zero-order valence-corrected chi connectivity index (χ0v) is 18.6. The monoisotopic (exact) mass is 446 g/mol. The van der Waals surface area contributed by atoms with Crippen LogP contribution in [0.5, 0.6) is 5.88 Å². The predicted octanol–water partition coefficient (Wildman–Crippen LogP) is 4.77. The molecular weight excluding hydrogens is 418 g/mol. The molecule has 3 amide bonds. The molecule has 1 fully saturated rings. The van der Waals surface area contributed by atoms with Crippen molar-refractivity contribution in [2.24, 2.45) is 0 Å². The fraction of sp³-hybridized carbons (Fsp3) is 0.435. The molecule has 0 bridgehead atoms. The van der Waals surface area contributed by atoms with Crippen LogP contribution in [0.3, 0.4) is 0 Å². The largest absolute Gasteiger partial charge is 0.415 e. The van der Waals surface area contributed by atoms with Crippen LogP contribution in [0.25, 0.3) is 0 Å². The summed E-state index contributed by atoms with van der Waals surface area (Å²) in [6.07, 6.45) is 0.603. The average Bonchev–Trinajstić information content (AvgIpc) is 3.20. The Balaban J connectivity index is 1.98. The van der Waals surface area contributed by atoms with E-state index in [2.05, 4.69) is 15.0 Å². The maximum Gasteiger partial charge on any atom is 0.388 e. The minimum absolute atomic E-state index is 0.0503. The van der Waals surface area contributed by atoms with Gasteiger partial charge in [0, 0.05) is 31.4 Å². The fourth-order valence-electron chi connectivity index (χ4n) is 3.88. The number of amides is 3. The van der Waals surface area contributed by atoms with Crippen LogP contribution in [0, 0.1) is 6.92 Å². The van der Waals surface area contributed by atoms with E-state index in [1.807, 2.05) is 38.1 Å². The van der Waals surface area contributed by atoms with Crippen LogP contribution < -0.4 is 15.0 Å². The van der Waals surface area contributed by atoms with Crippen LogP contribution in [0.15, 0.2) is 36.4 Å². The van der Waals surface area contributed by atoms with Gasteiger partial charge in [-0.2, -0.15) is 8.78 Å². The number of rotatable bonds is 6. The number of aryl methyl sites for hydroxylation is 1. The molecule has 172 valence electrons. The Kier molecular flexibility index (Phi) is 7.27. The molecule has 1 atom stereocenters. The van der Waals surface area contributed by atoms with E-state index in [4.69, 9.17) is 0 Å². The zero-order valence-electron chi connectivity index (χ0n) is 18.6. The van der Waals surface area contributed by atoms with E-state index in [1.54, 1.807) is 22.8 Å². The van der Waals surface area contributed by atoms with Gasteiger partial charge in [0.25, 0.3) is 0 Å². The van der Waals surface area contributed by atoms with Crippen molar-refractivity contribution in [2.45, 2.75) is 52.7 Å². The third-order valence-corrected chi connectivity index (χ3v) is 5.45. The van der Waals surface area contributed by atoms with Gasteiger partial charge in [-0.1, -0.05) is 32.0 Å². The van der Waals surface area contributed by atoms with Crippen molar-refractivity contribution in [1.29, 1.82) is 0 Å². The first-order chi connectivity index (χ1) is 15.2. The molecule has 1 saturated heterocycles. The van der Waals surface area contributed by atoms with Gasteiger partial charge < -0.3 is 15.0 Å². The molecule has 0 spiro atoms. The number of anilines is 2. The van der Waals surface area contributed by atoms with E-state index < -0.39 is 12.6 Å². The standard InChI is InChI=1S/C23H28F2N4O3/c1-14(2)18-7-5-6-8-20(18)29(17-11-12-28(13-17)16(4)30)23(31)27-19-10-9-15(3)26-21(19)32-22(24)25/h5-10,14,17,22H,11-13H2,1-4H3,(H,27,31). The molecule has 1 unspecified atom stereocenters. The number of pyridine rings is 1. The van der Waals surface area contributed by atoms with Crippen molar-refractivity contribution in [3.63, 3.8) is 0 Å². The number of hydrogen-bond donors (Lipinski definition) is 1. The molecule has 0 aliphatic carbocycles. The van der Waals surface area contributed by atoms with Crippen molar-refractivity contribution >= 4 is 23.3 Å². The summed E-state index contributed by atoms with van der Waals surface area (Å²) in [5, 5.41) is 2.69. The number of para-hydroxylation sites is 1. The average molecular weight is 446 g/mol. The summed E-state index contributed by atoms with van der Waals surface area (Å²) in [5.41, 5.74) is 2.21. The van der Waals surface area contributed by atoms with E-state index in [0.717, 1.165) is 5.56 Å². The molecular formula is C23H28F2N4O3. The SMILES string of the molecule is CC(=O)N1CCC(N(C(=O)Nc2ccc(C)nc2OC(F)F)c2ccccc2C(C)C)C1. The smallest absolute Gasteiger partial charge is 0.388 e. The number of nitrogens with one attached hydrogen (secondary N) is 1. The molecule has 0 saturated carbocycles. The molecule has 0 radical (unpaired) electrons. The molecule has 1 aliphatic rings. The summed E-state index contributed by atoms with van der Waals surface area (Å²) in [5.74, 6) is -0.256. The minimum atomic E-state index is -3.07. The maximum atomic E-state index is 13.5. The van der Waals surface area contributed by atoms with Crippen LogP contribution in [0.1, 0.15) is 44.4 Å². The third-order valence-electron chi connectivity index (χ3n) is 5.45.